The number of amides is 1. The molecular weight excluding hydrogens is 272 g/mol. The number of ether oxygens (including phenoxy) is 2. The van der Waals surface area contributed by atoms with Crippen LogP contribution in [0.25, 0.3) is 0 Å². The first kappa shape index (κ1) is 16.5. The molecule has 1 atom stereocenters. The van der Waals surface area contributed by atoms with Crippen molar-refractivity contribution in [1.82, 2.24) is 5.32 Å². The zero-order valence-corrected chi connectivity index (χ0v) is 12.3. The van der Waals surface area contributed by atoms with Gasteiger partial charge in [0, 0.05) is 13.3 Å². The molecule has 1 rings (SSSR count). The van der Waals surface area contributed by atoms with E-state index in [1.807, 2.05) is 6.07 Å². The molecule has 0 saturated carbocycles. The molecule has 0 radical (unpaired) electrons. The molecule has 1 aromatic rings. The number of nitrogens with zero attached hydrogens (tertiary/aromatic N) is 1. The van der Waals surface area contributed by atoms with Gasteiger partial charge in [0.25, 0.3) is 0 Å². The number of hydrogen-bond donors (Lipinski definition) is 1. The highest BCUT2D eigenvalue weighted by molar-refractivity contribution is 5.83. The number of rotatable bonds is 6. The lowest BCUT2D eigenvalue weighted by atomic mass is 10.0. The van der Waals surface area contributed by atoms with Crippen LogP contribution in [0.2, 0.25) is 0 Å². The van der Waals surface area contributed by atoms with Gasteiger partial charge in [-0.3, -0.25) is 4.79 Å². The van der Waals surface area contributed by atoms with E-state index < -0.39 is 12.0 Å². The van der Waals surface area contributed by atoms with E-state index in [1.165, 1.54) is 14.0 Å². The van der Waals surface area contributed by atoms with Gasteiger partial charge in [-0.05, 0) is 24.6 Å². The molecule has 0 heterocycles. The lowest BCUT2D eigenvalue weighted by Gasteiger charge is -2.16. The standard InChI is InChI=1S/C15H18N2O4/c1-4-21-15(19)13(17-10(2)18)8-11-5-6-14(20-3)12(7-11)9-16/h5-7,13H,4,8H2,1-3H3,(H,17,18)/t13-/m1/s1. The van der Waals surface area contributed by atoms with Crippen molar-refractivity contribution in [2.75, 3.05) is 13.7 Å². The normalized spacial score (nSPS) is 11.1. The summed E-state index contributed by atoms with van der Waals surface area (Å²) in [5, 5.41) is 11.6. The fraction of sp³-hybridized carbons (Fsp3) is 0.400. The smallest absolute Gasteiger partial charge is 0.328 e. The summed E-state index contributed by atoms with van der Waals surface area (Å²) in [5.41, 5.74) is 1.11. The maximum absolute atomic E-state index is 11.8. The van der Waals surface area contributed by atoms with E-state index in [4.69, 9.17) is 14.7 Å². The fourth-order valence-electron chi connectivity index (χ4n) is 1.89. The first-order valence-electron chi connectivity index (χ1n) is 6.52. The number of carbonyl (C=O) groups excluding carboxylic acids is 2. The van der Waals surface area contributed by atoms with Crippen LogP contribution in [0, 0.1) is 11.3 Å². The molecule has 1 amide bonds. The Kier molecular flexibility index (Phi) is 6.21. The molecule has 112 valence electrons. The Hall–Kier alpha value is -2.55. The Bertz CT molecular complexity index is 563. The molecule has 0 fully saturated rings. The van der Waals surface area contributed by atoms with Crippen LogP contribution < -0.4 is 10.1 Å². The van der Waals surface area contributed by atoms with Crippen LogP contribution in [-0.2, 0) is 20.7 Å². The van der Waals surface area contributed by atoms with Crippen molar-refractivity contribution in [2.24, 2.45) is 0 Å². The highest BCUT2D eigenvalue weighted by Crippen LogP contribution is 2.19. The number of nitrogens with one attached hydrogen (secondary N) is 1. The van der Waals surface area contributed by atoms with E-state index in [-0.39, 0.29) is 18.9 Å². The number of methoxy groups -OCH3 is 1. The molecule has 6 nitrogen and oxygen atoms in total. The lowest BCUT2D eigenvalue weighted by molar-refractivity contribution is -0.147. The molecule has 1 N–H and O–H groups in total. The van der Waals surface area contributed by atoms with Gasteiger partial charge in [0.05, 0.1) is 19.3 Å². The van der Waals surface area contributed by atoms with E-state index in [1.54, 1.807) is 25.1 Å². The summed E-state index contributed by atoms with van der Waals surface area (Å²) in [6, 6.07) is 6.28. The van der Waals surface area contributed by atoms with Gasteiger partial charge >= 0.3 is 5.97 Å². The molecule has 0 bridgehead atoms. The Morgan fingerprint density at radius 1 is 1.43 bits per heavy atom. The second-order valence-corrected chi connectivity index (χ2v) is 4.36. The van der Waals surface area contributed by atoms with E-state index in [9.17, 15) is 9.59 Å². The van der Waals surface area contributed by atoms with Crippen molar-refractivity contribution < 1.29 is 19.1 Å². The minimum absolute atomic E-state index is 0.237. The van der Waals surface area contributed by atoms with E-state index in [2.05, 4.69) is 5.32 Å². The van der Waals surface area contributed by atoms with Gasteiger partial charge in [0.15, 0.2) is 0 Å². The van der Waals surface area contributed by atoms with E-state index in [0.29, 0.717) is 11.3 Å². The second kappa shape index (κ2) is 7.90. The second-order valence-electron chi connectivity index (χ2n) is 4.36. The first-order valence-corrected chi connectivity index (χ1v) is 6.52. The van der Waals surface area contributed by atoms with Crippen molar-refractivity contribution in [3.05, 3.63) is 29.3 Å². The van der Waals surface area contributed by atoms with Crippen LogP contribution in [0.1, 0.15) is 25.0 Å². The van der Waals surface area contributed by atoms with Crippen molar-refractivity contribution in [1.29, 1.82) is 5.26 Å². The largest absolute Gasteiger partial charge is 0.495 e. The predicted octanol–water partition coefficient (Wildman–Crippen LogP) is 1.18. The van der Waals surface area contributed by atoms with E-state index >= 15 is 0 Å². The molecular formula is C15H18N2O4. The predicted molar refractivity (Wildman–Crippen MR) is 75.7 cm³/mol. The third kappa shape index (κ3) is 4.80. The fourth-order valence-corrected chi connectivity index (χ4v) is 1.89. The van der Waals surface area contributed by atoms with Gasteiger partial charge < -0.3 is 14.8 Å². The molecule has 0 spiro atoms. The van der Waals surface area contributed by atoms with Crippen molar-refractivity contribution >= 4 is 11.9 Å². The number of carbonyl (C=O) groups is 2. The summed E-state index contributed by atoms with van der Waals surface area (Å²) in [6.07, 6.45) is 0.247. The molecule has 6 heteroatoms. The van der Waals surface area contributed by atoms with Gasteiger partial charge in [0.2, 0.25) is 5.91 Å². The summed E-state index contributed by atoms with van der Waals surface area (Å²) in [6.45, 7) is 3.27. The molecule has 0 saturated heterocycles. The van der Waals surface area contributed by atoms with Crippen LogP contribution >= 0.6 is 0 Å². The average Bonchev–Trinajstić information content (AvgIpc) is 2.46. The van der Waals surface area contributed by atoms with Crippen molar-refractivity contribution in [2.45, 2.75) is 26.3 Å². The SMILES string of the molecule is CCOC(=O)[C@@H](Cc1ccc(OC)c(C#N)c1)NC(C)=O. The summed E-state index contributed by atoms with van der Waals surface area (Å²) in [4.78, 5) is 23.0. The molecule has 0 aliphatic carbocycles. The Labute approximate surface area is 123 Å². The average molecular weight is 290 g/mol. The maximum Gasteiger partial charge on any atom is 0.328 e. The molecule has 0 aliphatic rings. The van der Waals surface area contributed by atoms with Gasteiger partial charge in [-0.25, -0.2) is 4.79 Å². The molecule has 0 aromatic heterocycles. The minimum atomic E-state index is -0.776. The van der Waals surface area contributed by atoms with Gasteiger partial charge in [0.1, 0.15) is 17.9 Å². The van der Waals surface area contributed by atoms with E-state index in [0.717, 1.165) is 5.56 Å². The zero-order valence-electron chi connectivity index (χ0n) is 12.3. The third-order valence-electron chi connectivity index (χ3n) is 2.77. The van der Waals surface area contributed by atoms with Crippen LogP contribution in [0.15, 0.2) is 18.2 Å². The topological polar surface area (TPSA) is 88.4 Å². The first-order chi connectivity index (χ1) is 10.0. The van der Waals surface area contributed by atoms with Crippen LogP contribution in [0.4, 0.5) is 0 Å². The molecule has 1 aromatic carbocycles. The quantitative estimate of drug-likeness (QED) is 0.795. The Balaban J connectivity index is 2.95. The summed E-state index contributed by atoms with van der Waals surface area (Å²) >= 11 is 0. The minimum Gasteiger partial charge on any atom is -0.495 e. The number of hydrogen-bond acceptors (Lipinski definition) is 5. The lowest BCUT2D eigenvalue weighted by Crippen LogP contribution is -2.42. The number of nitriles is 1. The van der Waals surface area contributed by atoms with Crippen LogP contribution in [0.5, 0.6) is 5.75 Å². The third-order valence-corrected chi connectivity index (χ3v) is 2.77. The van der Waals surface area contributed by atoms with Gasteiger partial charge in [-0.15, -0.1) is 0 Å². The maximum atomic E-state index is 11.8. The monoisotopic (exact) mass is 290 g/mol. The molecule has 0 unspecified atom stereocenters. The molecule has 21 heavy (non-hydrogen) atoms. The number of esters is 1. The van der Waals surface area contributed by atoms with Crippen LogP contribution in [0.3, 0.4) is 0 Å². The van der Waals surface area contributed by atoms with Gasteiger partial charge in [-0.1, -0.05) is 6.07 Å². The van der Waals surface area contributed by atoms with Crippen molar-refractivity contribution in [3.8, 4) is 11.8 Å². The highest BCUT2D eigenvalue weighted by Gasteiger charge is 2.21. The summed E-state index contributed by atoms with van der Waals surface area (Å²) in [5.74, 6) is -0.349. The summed E-state index contributed by atoms with van der Waals surface area (Å²) < 4.78 is 10.00. The zero-order chi connectivity index (χ0) is 15.8. The molecule has 0 aliphatic heterocycles. The highest BCUT2D eigenvalue weighted by atomic mass is 16.5. The number of benzene rings is 1. The summed E-state index contributed by atoms with van der Waals surface area (Å²) in [7, 11) is 1.48. The van der Waals surface area contributed by atoms with Crippen molar-refractivity contribution in [3.63, 3.8) is 0 Å². The van der Waals surface area contributed by atoms with Gasteiger partial charge in [-0.2, -0.15) is 5.26 Å². The Morgan fingerprint density at radius 2 is 2.14 bits per heavy atom. The van der Waals surface area contributed by atoms with Crippen LogP contribution in [-0.4, -0.2) is 31.6 Å². The Morgan fingerprint density at radius 3 is 2.67 bits per heavy atom.